The van der Waals surface area contributed by atoms with E-state index in [4.69, 9.17) is 9.84 Å². The van der Waals surface area contributed by atoms with Gasteiger partial charge in [-0.15, -0.1) is 0 Å². The van der Waals surface area contributed by atoms with E-state index in [1.165, 1.54) is 29.2 Å². The minimum Gasteiger partial charge on any atom is -0.478 e. The van der Waals surface area contributed by atoms with Crippen LogP contribution in [0.3, 0.4) is 0 Å². The average molecular weight is 334 g/mol. The zero-order chi connectivity index (χ0) is 17.8. The van der Waals surface area contributed by atoms with Crippen LogP contribution >= 0.6 is 0 Å². The van der Waals surface area contributed by atoms with Gasteiger partial charge in [0.25, 0.3) is 0 Å². The highest BCUT2D eigenvalue weighted by atomic mass is 16.5. The minimum atomic E-state index is -1.04. The van der Waals surface area contributed by atoms with Crippen molar-refractivity contribution in [2.45, 2.75) is 13.5 Å². The molecule has 0 atom stereocenters. The van der Waals surface area contributed by atoms with Gasteiger partial charge in [0, 0.05) is 17.8 Å². The zero-order valence-electron chi connectivity index (χ0n) is 13.4. The number of aromatic nitrogens is 3. The van der Waals surface area contributed by atoms with Gasteiger partial charge in [0.1, 0.15) is 6.61 Å². The summed E-state index contributed by atoms with van der Waals surface area (Å²) in [5.41, 5.74) is 2.42. The molecular formula is C18H14N4O3. The quantitative estimate of drug-likeness (QED) is 0.770. The van der Waals surface area contributed by atoms with Gasteiger partial charge in [-0.3, -0.25) is 0 Å². The Hall–Kier alpha value is -3.66. The number of benzene rings is 1. The van der Waals surface area contributed by atoms with Crippen molar-refractivity contribution < 1.29 is 14.6 Å². The first-order valence-corrected chi connectivity index (χ1v) is 7.44. The molecule has 0 amide bonds. The molecule has 25 heavy (non-hydrogen) atoms. The molecule has 0 saturated carbocycles. The van der Waals surface area contributed by atoms with Crippen molar-refractivity contribution in [2.24, 2.45) is 0 Å². The van der Waals surface area contributed by atoms with Crippen LogP contribution in [-0.2, 0) is 6.61 Å². The number of nitriles is 1. The van der Waals surface area contributed by atoms with Gasteiger partial charge in [-0.25, -0.2) is 9.78 Å². The van der Waals surface area contributed by atoms with Crippen LogP contribution in [0.1, 0.15) is 27.0 Å². The fourth-order valence-corrected chi connectivity index (χ4v) is 2.31. The van der Waals surface area contributed by atoms with E-state index in [-0.39, 0.29) is 12.2 Å². The Labute approximate surface area is 143 Å². The molecule has 0 aliphatic carbocycles. The molecule has 0 saturated heterocycles. The number of ether oxygens (including phenoxy) is 1. The van der Waals surface area contributed by atoms with Crippen LogP contribution < -0.4 is 4.74 Å². The molecule has 1 aromatic carbocycles. The van der Waals surface area contributed by atoms with Crippen molar-refractivity contribution in [3.8, 4) is 17.8 Å². The highest BCUT2D eigenvalue weighted by Gasteiger charge is 2.11. The second kappa shape index (κ2) is 6.84. The third-order valence-electron chi connectivity index (χ3n) is 3.58. The largest absolute Gasteiger partial charge is 0.478 e. The van der Waals surface area contributed by atoms with E-state index >= 15 is 0 Å². The molecule has 7 heteroatoms. The second-order valence-electron chi connectivity index (χ2n) is 5.35. The van der Waals surface area contributed by atoms with Crippen molar-refractivity contribution >= 4 is 5.97 Å². The minimum absolute atomic E-state index is 0.108. The molecule has 0 aliphatic heterocycles. The van der Waals surface area contributed by atoms with Crippen molar-refractivity contribution in [3.05, 3.63) is 71.0 Å². The fourth-order valence-electron chi connectivity index (χ4n) is 2.31. The predicted octanol–water partition coefficient (Wildman–Crippen LogP) is 2.72. The van der Waals surface area contributed by atoms with E-state index in [1.807, 2.05) is 19.1 Å². The summed E-state index contributed by atoms with van der Waals surface area (Å²) in [6.45, 7) is 2.11. The Bertz CT molecular complexity index is 972. The summed E-state index contributed by atoms with van der Waals surface area (Å²) in [7, 11) is 0. The Balaban J connectivity index is 1.85. The molecule has 0 bridgehead atoms. The number of carboxylic acids is 1. The van der Waals surface area contributed by atoms with Crippen LogP contribution in [-0.4, -0.2) is 25.8 Å². The van der Waals surface area contributed by atoms with Crippen LogP contribution in [0.2, 0.25) is 0 Å². The second-order valence-corrected chi connectivity index (χ2v) is 5.35. The van der Waals surface area contributed by atoms with E-state index in [9.17, 15) is 10.1 Å². The van der Waals surface area contributed by atoms with Gasteiger partial charge in [-0.2, -0.15) is 15.0 Å². The van der Waals surface area contributed by atoms with Gasteiger partial charge in [-0.05, 0) is 30.7 Å². The molecular weight excluding hydrogens is 320 g/mol. The van der Waals surface area contributed by atoms with Crippen LogP contribution in [0, 0.1) is 18.3 Å². The lowest BCUT2D eigenvalue weighted by Gasteiger charge is -2.10. The van der Waals surface area contributed by atoms with Crippen molar-refractivity contribution in [3.63, 3.8) is 0 Å². The maximum absolute atomic E-state index is 11.1. The summed E-state index contributed by atoms with van der Waals surface area (Å²) in [4.78, 5) is 15.2. The molecule has 1 N–H and O–H groups in total. The maximum atomic E-state index is 11.1. The Morgan fingerprint density at radius 3 is 2.88 bits per heavy atom. The summed E-state index contributed by atoms with van der Waals surface area (Å²) in [6.07, 6.45) is 2.93. The van der Waals surface area contributed by atoms with E-state index < -0.39 is 5.97 Å². The molecule has 0 radical (unpaired) electrons. The number of hydrogen-bond donors (Lipinski definition) is 1. The third kappa shape index (κ3) is 3.48. The lowest BCUT2D eigenvalue weighted by Crippen LogP contribution is -2.07. The number of rotatable bonds is 5. The average Bonchev–Trinajstić information content (AvgIpc) is 3.09. The summed E-state index contributed by atoms with van der Waals surface area (Å²) in [6, 6.07) is 12.2. The first-order valence-electron chi connectivity index (χ1n) is 7.44. The van der Waals surface area contributed by atoms with E-state index in [0.717, 1.165) is 11.1 Å². The summed E-state index contributed by atoms with van der Waals surface area (Å²) < 4.78 is 7.17. The van der Waals surface area contributed by atoms with Gasteiger partial charge >= 0.3 is 5.97 Å². The van der Waals surface area contributed by atoms with E-state index in [0.29, 0.717) is 17.3 Å². The van der Waals surface area contributed by atoms with Crippen LogP contribution in [0.5, 0.6) is 5.88 Å². The van der Waals surface area contributed by atoms with Crippen molar-refractivity contribution in [1.29, 1.82) is 5.26 Å². The number of hydrogen-bond acceptors (Lipinski definition) is 5. The molecule has 2 heterocycles. The molecule has 0 fully saturated rings. The fraction of sp³-hybridized carbons (Fsp3) is 0.111. The van der Waals surface area contributed by atoms with Crippen LogP contribution in [0.15, 0.2) is 48.8 Å². The van der Waals surface area contributed by atoms with E-state index in [1.54, 1.807) is 12.1 Å². The predicted molar refractivity (Wildman–Crippen MR) is 88.5 cm³/mol. The first kappa shape index (κ1) is 16.2. The summed E-state index contributed by atoms with van der Waals surface area (Å²) in [5, 5.41) is 22.4. The number of aryl methyl sites for hydroxylation is 1. The van der Waals surface area contributed by atoms with Gasteiger partial charge < -0.3 is 9.84 Å². The Morgan fingerprint density at radius 2 is 2.12 bits per heavy atom. The number of carbonyl (C=O) groups is 1. The number of aromatic carboxylic acids is 1. The third-order valence-corrected chi connectivity index (χ3v) is 3.58. The lowest BCUT2D eigenvalue weighted by atomic mass is 10.1. The van der Waals surface area contributed by atoms with Crippen molar-refractivity contribution in [2.75, 3.05) is 0 Å². The Kier molecular flexibility index (Phi) is 4.44. The van der Waals surface area contributed by atoms with E-state index in [2.05, 4.69) is 16.2 Å². The molecule has 3 aromatic rings. The Morgan fingerprint density at radius 1 is 1.28 bits per heavy atom. The molecule has 0 unspecified atom stereocenters. The van der Waals surface area contributed by atoms with Crippen molar-refractivity contribution in [1.82, 2.24) is 14.8 Å². The molecule has 0 aliphatic rings. The normalized spacial score (nSPS) is 10.2. The topological polar surface area (TPSA) is 101 Å². The lowest BCUT2D eigenvalue weighted by molar-refractivity contribution is 0.0696. The molecule has 7 nitrogen and oxygen atoms in total. The standard InChI is InChI=1S/C18H14N4O3/c1-12-2-3-14(15(8-12)10-19)11-25-17-5-7-21-22(17)16-9-13(18(23)24)4-6-20-16/h2-9H,11H2,1H3,(H,23,24). The van der Waals surface area contributed by atoms with Gasteiger partial charge in [0.15, 0.2) is 5.82 Å². The SMILES string of the molecule is Cc1ccc(COc2ccnn2-c2cc(C(=O)O)ccn2)c(C#N)c1. The van der Waals surface area contributed by atoms with Gasteiger partial charge in [0.05, 0.1) is 23.4 Å². The smallest absolute Gasteiger partial charge is 0.335 e. The molecule has 0 spiro atoms. The summed E-state index contributed by atoms with van der Waals surface area (Å²) >= 11 is 0. The van der Waals surface area contributed by atoms with Crippen LogP contribution in [0.4, 0.5) is 0 Å². The van der Waals surface area contributed by atoms with Gasteiger partial charge in [-0.1, -0.05) is 12.1 Å². The number of carboxylic acid groups (broad SMARTS) is 1. The monoisotopic (exact) mass is 334 g/mol. The zero-order valence-corrected chi connectivity index (χ0v) is 13.4. The number of pyridine rings is 1. The molecule has 2 aromatic heterocycles. The highest BCUT2D eigenvalue weighted by molar-refractivity contribution is 5.87. The van der Waals surface area contributed by atoms with Gasteiger partial charge in [0.2, 0.25) is 5.88 Å². The number of nitrogens with zero attached hydrogens (tertiary/aromatic N) is 4. The summed E-state index contributed by atoms with van der Waals surface area (Å²) in [5.74, 6) is -0.305. The maximum Gasteiger partial charge on any atom is 0.335 e. The first-order chi connectivity index (χ1) is 12.1. The molecule has 124 valence electrons. The highest BCUT2D eigenvalue weighted by Crippen LogP contribution is 2.19. The van der Waals surface area contributed by atoms with Crippen LogP contribution in [0.25, 0.3) is 5.82 Å². The molecule has 3 rings (SSSR count).